The van der Waals surface area contributed by atoms with Crippen LogP contribution in [0, 0.1) is 6.57 Å². The minimum atomic E-state index is -0.914. The summed E-state index contributed by atoms with van der Waals surface area (Å²) in [4.78, 5) is 15.1. The van der Waals surface area contributed by atoms with Gasteiger partial charge in [0.1, 0.15) is 0 Å². The number of carboxylic acid groups (broad SMARTS) is 1. The maximum Gasteiger partial charge on any atom is 0.335 e. The first-order valence-corrected chi connectivity index (χ1v) is 5.84. The van der Waals surface area contributed by atoms with Crippen LogP contribution in [0.5, 0.6) is 0 Å². The van der Waals surface area contributed by atoms with Gasteiger partial charge in [-0.1, -0.05) is 12.1 Å². The van der Waals surface area contributed by atoms with Gasteiger partial charge in [-0.3, -0.25) is 0 Å². The van der Waals surface area contributed by atoms with E-state index in [4.69, 9.17) is 11.7 Å². The van der Waals surface area contributed by atoms with E-state index in [1.807, 2.05) is 11.4 Å². The van der Waals surface area contributed by atoms with Crippen LogP contribution in [0.3, 0.4) is 0 Å². The zero-order chi connectivity index (χ0) is 12.3. The minimum absolute atomic E-state index is 0.293. The number of benzene rings is 1. The summed E-state index contributed by atoms with van der Waals surface area (Å²) in [7, 11) is 0. The van der Waals surface area contributed by atoms with Crippen LogP contribution >= 0.6 is 11.3 Å². The Morgan fingerprint density at radius 2 is 2.06 bits per heavy atom. The van der Waals surface area contributed by atoms with Crippen molar-refractivity contribution in [3.8, 4) is 0 Å². The fourth-order valence-electron chi connectivity index (χ4n) is 1.49. The molecule has 0 amide bonds. The van der Waals surface area contributed by atoms with Crippen LogP contribution in [-0.2, 0) is 6.42 Å². The molecule has 3 nitrogen and oxygen atoms in total. The number of hydrogen-bond donors (Lipinski definition) is 1. The second-order valence-corrected chi connectivity index (χ2v) is 4.56. The van der Waals surface area contributed by atoms with Gasteiger partial charge < -0.3 is 5.11 Å². The van der Waals surface area contributed by atoms with Crippen molar-refractivity contribution >= 4 is 23.0 Å². The highest BCUT2D eigenvalue weighted by atomic mass is 32.1. The van der Waals surface area contributed by atoms with Crippen LogP contribution in [0.4, 0.5) is 5.69 Å². The highest BCUT2D eigenvalue weighted by Gasteiger charge is 2.04. The summed E-state index contributed by atoms with van der Waals surface area (Å²) >= 11 is 1.55. The Morgan fingerprint density at radius 1 is 1.35 bits per heavy atom. The van der Waals surface area contributed by atoms with Crippen LogP contribution in [0.2, 0.25) is 0 Å². The number of rotatable bonds is 3. The van der Waals surface area contributed by atoms with Crippen molar-refractivity contribution in [1.29, 1.82) is 0 Å². The molecule has 0 saturated heterocycles. The van der Waals surface area contributed by atoms with Crippen molar-refractivity contribution in [3.63, 3.8) is 0 Å². The third kappa shape index (κ3) is 2.71. The summed E-state index contributed by atoms with van der Waals surface area (Å²) in [6.07, 6.45) is 0.736. The van der Waals surface area contributed by atoms with E-state index in [1.165, 1.54) is 0 Å². The van der Waals surface area contributed by atoms with E-state index in [-0.39, 0.29) is 0 Å². The molecule has 0 fully saturated rings. The molecular weight excluding hydrogens is 234 g/mol. The van der Waals surface area contributed by atoms with Crippen LogP contribution in [0.15, 0.2) is 35.7 Å². The van der Waals surface area contributed by atoms with Gasteiger partial charge in [0.15, 0.2) is 5.69 Å². The van der Waals surface area contributed by atoms with E-state index in [1.54, 1.807) is 35.6 Å². The fourth-order valence-corrected chi connectivity index (χ4v) is 2.32. The highest BCUT2D eigenvalue weighted by molar-refractivity contribution is 7.10. The molecular formula is C13H9NO2S. The number of aromatic carboxylic acids is 1. The molecule has 17 heavy (non-hydrogen) atoms. The van der Waals surface area contributed by atoms with Crippen molar-refractivity contribution in [3.05, 3.63) is 63.1 Å². The van der Waals surface area contributed by atoms with Crippen molar-refractivity contribution < 1.29 is 9.90 Å². The summed E-state index contributed by atoms with van der Waals surface area (Å²) in [5, 5.41) is 10.6. The maximum atomic E-state index is 10.7. The van der Waals surface area contributed by atoms with Gasteiger partial charge in [-0.15, -0.1) is 0 Å². The summed E-state index contributed by atoms with van der Waals surface area (Å²) in [6.45, 7) is 6.88. The Morgan fingerprint density at radius 3 is 2.59 bits per heavy atom. The molecule has 0 spiro atoms. The predicted molar refractivity (Wildman–Crippen MR) is 66.8 cm³/mol. The van der Waals surface area contributed by atoms with Gasteiger partial charge in [-0.2, -0.15) is 11.3 Å². The summed E-state index contributed by atoms with van der Waals surface area (Å²) < 4.78 is 0. The van der Waals surface area contributed by atoms with E-state index >= 15 is 0 Å². The Bertz CT molecular complexity index is 578. The quantitative estimate of drug-likeness (QED) is 0.837. The molecule has 1 aromatic heterocycles. The highest BCUT2D eigenvalue weighted by Crippen LogP contribution is 2.24. The molecule has 2 rings (SSSR count). The van der Waals surface area contributed by atoms with E-state index in [0.29, 0.717) is 11.3 Å². The third-order valence-electron chi connectivity index (χ3n) is 2.35. The summed E-state index contributed by atoms with van der Waals surface area (Å²) in [6, 6.07) is 8.67. The molecule has 0 unspecified atom stereocenters. The Hall–Kier alpha value is -2.12. The number of carboxylic acids is 1. The first kappa shape index (κ1) is 11.4. The van der Waals surface area contributed by atoms with Gasteiger partial charge in [0.2, 0.25) is 0 Å². The molecule has 0 bridgehead atoms. The second kappa shape index (κ2) is 4.81. The standard InChI is InChI=1S/C13H9NO2S/c1-14-11-7-12(17-8-11)6-9-2-4-10(5-3-9)13(15)16/h2-5,7-8H,6H2,(H,15,16). The lowest BCUT2D eigenvalue weighted by atomic mass is 10.1. The molecule has 0 aliphatic heterocycles. The number of hydrogen-bond acceptors (Lipinski definition) is 2. The molecule has 4 heteroatoms. The summed E-state index contributed by atoms with van der Waals surface area (Å²) in [5.41, 5.74) is 2.00. The first-order chi connectivity index (χ1) is 8.19. The number of carbonyl (C=O) groups is 1. The minimum Gasteiger partial charge on any atom is -0.478 e. The monoisotopic (exact) mass is 243 g/mol. The third-order valence-corrected chi connectivity index (χ3v) is 3.27. The average Bonchev–Trinajstić information content (AvgIpc) is 2.77. The lowest BCUT2D eigenvalue weighted by Crippen LogP contribution is -1.95. The van der Waals surface area contributed by atoms with E-state index in [9.17, 15) is 4.79 Å². The molecule has 0 saturated carbocycles. The predicted octanol–water partition coefficient (Wildman–Crippen LogP) is 3.59. The topological polar surface area (TPSA) is 41.7 Å². The van der Waals surface area contributed by atoms with Crippen LogP contribution < -0.4 is 0 Å². The molecule has 0 aliphatic rings. The summed E-state index contributed by atoms with van der Waals surface area (Å²) in [5.74, 6) is -0.914. The van der Waals surface area contributed by atoms with E-state index < -0.39 is 5.97 Å². The molecule has 1 aromatic carbocycles. The second-order valence-electron chi connectivity index (χ2n) is 3.56. The maximum absolute atomic E-state index is 10.7. The lowest BCUT2D eigenvalue weighted by Gasteiger charge is -1.99. The molecule has 1 heterocycles. The Kier molecular flexibility index (Phi) is 3.22. The van der Waals surface area contributed by atoms with Crippen molar-refractivity contribution in [2.45, 2.75) is 6.42 Å². The Balaban J connectivity index is 2.14. The zero-order valence-electron chi connectivity index (χ0n) is 8.88. The van der Waals surface area contributed by atoms with Gasteiger partial charge in [0.05, 0.1) is 12.1 Å². The van der Waals surface area contributed by atoms with Crippen LogP contribution in [0.25, 0.3) is 4.85 Å². The largest absolute Gasteiger partial charge is 0.478 e. The van der Waals surface area contributed by atoms with Crippen molar-refractivity contribution in [1.82, 2.24) is 0 Å². The molecule has 2 aromatic rings. The zero-order valence-corrected chi connectivity index (χ0v) is 9.70. The van der Waals surface area contributed by atoms with E-state index in [2.05, 4.69) is 4.85 Å². The van der Waals surface area contributed by atoms with Crippen molar-refractivity contribution in [2.24, 2.45) is 0 Å². The lowest BCUT2D eigenvalue weighted by molar-refractivity contribution is 0.0697. The number of nitrogens with zero attached hydrogens (tertiary/aromatic N) is 1. The van der Waals surface area contributed by atoms with Gasteiger partial charge in [0.25, 0.3) is 0 Å². The van der Waals surface area contributed by atoms with Gasteiger partial charge in [-0.25, -0.2) is 9.64 Å². The van der Waals surface area contributed by atoms with Gasteiger partial charge >= 0.3 is 5.97 Å². The normalized spacial score (nSPS) is 9.82. The number of thiophene rings is 1. The van der Waals surface area contributed by atoms with Crippen LogP contribution in [-0.4, -0.2) is 11.1 Å². The molecule has 84 valence electrons. The average molecular weight is 243 g/mol. The van der Waals surface area contributed by atoms with Gasteiger partial charge in [0, 0.05) is 6.42 Å². The van der Waals surface area contributed by atoms with Crippen LogP contribution in [0.1, 0.15) is 20.8 Å². The first-order valence-electron chi connectivity index (χ1n) is 4.96. The van der Waals surface area contributed by atoms with Crippen molar-refractivity contribution in [2.75, 3.05) is 0 Å². The molecule has 0 atom stereocenters. The SMILES string of the molecule is [C-]#[N+]c1csc(Cc2ccc(C(=O)O)cc2)c1. The fraction of sp³-hybridized carbons (Fsp3) is 0.0769. The smallest absolute Gasteiger partial charge is 0.335 e. The van der Waals surface area contributed by atoms with Gasteiger partial charge in [-0.05, 0) is 34.0 Å². The molecule has 0 radical (unpaired) electrons. The molecule has 0 aliphatic carbocycles. The molecule has 1 N–H and O–H groups in total. The Labute approximate surface area is 103 Å². The van der Waals surface area contributed by atoms with E-state index in [0.717, 1.165) is 16.9 Å².